The number of aromatic nitrogens is 4. The third-order valence-corrected chi connectivity index (χ3v) is 7.16. The molecule has 4 aromatic rings. The highest BCUT2D eigenvalue weighted by molar-refractivity contribution is 7.13. The van der Waals surface area contributed by atoms with Crippen molar-refractivity contribution in [2.45, 2.75) is 33.1 Å². The number of aromatic amines is 1. The van der Waals surface area contributed by atoms with Gasteiger partial charge in [-0.25, -0.2) is 4.98 Å². The van der Waals surface area contributed by atoms with Gasteiger partial charge in [0.1, 0.15) is 11.3 Å². The number of nitrogens with one attached hydrogen (secondary N) is 3. The van der Waals surface area contributed by atoms with Gasteiger partial charge in [-0.3, -0.25) is 9.97 Å². The average molecular weight is 523 g/mol. The van der Waals surface area contributed by atoms with Crippen molar-refractivity contribution in [3.8, 4) is 10.4 Å². The maximum Gasteiger partial charge on any atom is 0.138 e. The minimum atomic E-state index is 0.692. The van der Waals surface area contributed by atoms with Crippen LogP contribution in [0.25, 0.3) is 32.6 Å². The lowest BCUT2D eigenvalue weighted by Gasteiger charge is -2.14. The van der Waals surface area contributed by atoms with Gasteiger partial charge in [0, 0.05) is 46.2 Å². The highest BCUT2D eigenvalue weighted by Crippen LogP contribution is 2.33. The van der Waals surface area contributed by atoms with Gasteiger partial charge in [0.2, 0.25) is 0 Å². The molecule has 0 saturated carbocycles. The molecule has 4 rings (SSSR count). The second-order valence-electron chi connectivity index (χ2n) is 8.87. The Labute approximate surface area is 228 Å². The van der Waals surface area contributed by atoms with Gasteiger partial charge in [0.25, 0.3) is 0 Å². The fraction of sp³-hybridized carbons (Fsp3) is 0.194. The molecule has 0 atom stereocenters. The summed E-state index contributed by atoms with van der Waals surface area (Å²) in [7, 11) is 1.88. The Hall–Kier alpha value is -4.23. The molecule has 0 fully saturated rings. The van der Waals surface area contributed by atoms with Crippen LogP contribution in [0.15, 0.2) is 91.5 Å². The van der Waals surface area contributed by atoms with Crippen molar-refractivity contribution in [3.63, 3.8) is 0 Å². The van der Waals surface area contributed by atoms with E-state index in [9.17, 15) is 0 Å². The van der Waals surface area contributed by atoms with Crippen molar-refractivity contribution in [2.24, 2.45) is 0 Å². The van der Waals surface area contributed by atoms with Crippen LogP contribution < -0.4 is 10.6 Å². The molecule has 0 aliphatic carbocycles. The number of hydrogen-bond acceptors (Lipinski definition) is 6. The van der Waals surface area contributed by atoms with Crippen molar-refractivity contribution < 1.29 is 0 Å². The van der Waals surface area contributed by atoms with Crippen LogP contribution in [0.5, 0.6) is 0 Å². The van der Waals surface area contributed by atoms with Gasteiger partial charge < -0.3 is 15.6 Å². The number of rotatable bonds is 12. The molecule has 0 unspecified atom stereocenters. The highest BCUT2D eigenvalue weighted by atomic mass is 32.1. The van der Waals surface area contributed by atoms with E-state index in [-0.39, 0.29) is 0 Å². The molecule has 0 bridgehead atoms. The van der Waals surface area contributed by atoms with Gasteiger partial charge in [-0.15, -0.1) is 11.3 Å². The fourth-order valence-corrected chi connectivity index (χ4v) is 4.89. The Bertz CT molecular complexity index is 1520. The molecule has 0 amide bonds. The first-order valence-corrected chi connectivity index (χ1v) is 13.6. The third-order valence-electron chi connectivity index (χ3n) is 6.26. The van der Waals surface area contributed by atoms with Gasteiger partial charge in [-0.1, -0.05) is 45.2 Å². The Morgan fingerprint density at radius 1 is 1.21 bits per heavy atom. The van der Waals surface area contributed by atoms with Gasteiger partial charge >= 0.3 is 0 Å². The Morgan fingerprint density at radius 2 is 2.05 bits per heavy atom. The molecule has 0 spiro atoms. The number of thiophene rings is 1. The molecule has 4 aromatic heterocycles. The van der Waals surface area contributed by atoms with Crippen molar-refractivity contribution in [3.05, 3.63) is 109 Å². The predicted molar refractivity (Wildman–Crippen MR) is 163 cm³/mol. The van der Waals surface area contributed by atoms with E-state index in [0.717, 1.165) is 80.2 Å². The summed E-state index contributed by atoms with van der Waals surface area (Å²) in [5.41, 5.74) is 8.92. The minimum absolute atomic E-state index is 0.692. The van der Waals surface area contributed by atoms with Gasteiger partial charge in [-0.05, 0) is 55.0 Å². The Balaban J connectivity index is 1.69. The fourth-order valence-electron chi connectivity index (χ4n) is 4.15. The third kappa shape index (κ3) is 5.84. The van der Waals surface area contributed by atoms with Gasteiger partial charge in [0.15, 0.2) is 0 Å². The lowest BCUT2D eigenvalue weighted by atomic mass is 10.0. The van der Waals surface area contributed by atoms with E-state index < -0.39 is 0 Å². The molecule has 0 aromatic carbocycles. The SMILES string of the molecule is C=C/C(=C\C(=C/C)c1cc(C(=C)c2nc3c(-c4cccs4)cncc3[nH]2)c(NC)cn1)NC(=C)CCCC. The molecule has 0 aliphatic heterocycles. The van der Waals surface area contributed by atoms with E-state index in [2.05, 4.69) is 58.7 Å². The van der Waals surface area contributed by atoms with Crippen LogP contribution in [0.2, 0.25) is 0 Å². The molecule has 6 nitrogen and oxygen atoms in total. The lowest BCUT2D eigenvalue weighted by molar-refractivity contribution is 0.751. The second-order valence-corrected chi connectivity index (χ2v) is 9.82. The van der Waals surface area contributed by atoms with Crippen LogP contribution in [-0.2, 0) is 0 Å². The van der Waals surface area contributed by atoms with E-state index in [1.165, 1.54) is 0 Å². The van der Waals surface area contributed by atoms with Crippen LogP contribution in [0, 0.1) is 0 Å². The summed E-state index contributed by atoms with van der Waals surface area (Å²) >= 11 is 1.67. The van der Waals surface area contributed by atoms with Crippen molar-refractivity contribution in [2.75, 3.05) is 12.4 Å². The molecule has 3 N–H and O–H groups in total. The number of imidazole rings is 1. The van der Waals surface area contributed by atoms with Crippen LogP contribution in [0.3, 0.4) is 0 Å². The zero-order valence-corrected chi connectivity index (χ0v) is 23.1. The van der Waals surface area contributed by atoms with E-state index >= 15 is 0 Å². The summed E-state index contributed by atoms with van der Waals surface area (Å²) in [6, 6.07) is 6.15. The summed E-state index contributed by atoms with van der Waals surface area (Å²) < 4.78 is 0. The number of anilines is 1. The molecule has 0 radical (unpaired) electrons. The predicted octanol–water partition coefficient (Wildman–Crippen LogP) is 7.95. The summed E-state index contributed by atoms with van der Waals surface area (Å²) in [4.78, 5) is 18.6. The molecule has 0 saturated heterocycles. The normalized spacial score (nSPS) is 12.0. The first-order valence-electron chi connectivity index (χ1n) is 12.7. The number of pyridine rings is 2. The molecular weight excluding hydrogens is 488 g/mol. The maximum absolute atomic E-state index is 4.94. The van der Waals surface area contributed by atoms with Crippen LogP contribution in [0.1, 0.15) is 50.2 Å². The number of unbranched alkanes of at least 4 members (excludes halogenated alkanes) is 1. The summed E-state index contributed by atoms with van der Waals surface area (Å²) in [6.07, 6.45) is 14.5. The van der Waals surface area contributed by atoms with E-state index in [0.29, 0.717) is 5.82 Å². The zero-order chi connectivity index (χ0) is 27.1. The summed E-state index contributed by atoms with van der Waals surface area (Å²) in [6.45, 7) is 16.7. The quantitative estimate of drug-likeness (QED) is 0.165. The average Bonchev–Trinajstić information content (AvgIpc) is 3.64. The van der Waals surface area contributed by atoms with Crippen molar-refractivity contribution in [1.29, 1.82) is 0 Å². The number of allylic oxidation sites excluding steroid dienone is 5. The standard InChI is InChI=1S/C31H34N6S/c1-7-10-12-20(4)35-23(9-3)15-22(8-2)26-16-24(27(32-6)19-34-26)21(5)31-36-28-18-33-17-25(30(28)37-31)29-13-11-14-38-29/h8-9,11,13-19,32,35H,3-5,7,10,12H2,1-2,6H3,(H,36,37)/b22-8+,23-15+. The Kier molecular flexibility index (Phi) is 8.71. The van der Waals surface area contributed by atoms with Crippen LogP contribution in [-0.4, -0.2) is 27.0 Å². The number of fused-ring (bicyclic) bond motifs is 1. The van der Waals surface area contributed by atoms with E-state index in [1.54, 1.807) is 23.6 Å². The highest BCUT2D eigenvalue weighted by Gasteiger charge is 2.17. The van der Waals surface area contributed by atoms with Crippen LogP contribution in [0.4, 0.5) is 5.69 Å². The monoisotopic (exact) mass is 522 g/mol. The molecule has 0 aliphatic rings. The molecule has 38 heavy (non-hydrogen) atoms. The van der Waals surface area contributed by atoms with Crippen molar-refractivity contribution >= 4 is 39.2 Å². The first kappa shape index (κ1) is 26.8. The Morgan fingerprint density at radius 3 is 2.74 bits per heavy atom. The topological polar surface area (TPSA) is 78.5 Å². The first-order chi connectivity index (χ1) is 18.5. The molecule has 4 heterocycles. The second kappa shape index (κ2) is 12.3. The van der Waals surface area contributed by atoms with Gasteiger partial charge in [0.05, 0.1) is 29.3 Å². The lowest BCUT2D eigenvalue weighted by Crippen LogP contribution is -2.10. The molecule has 7 heteroatoms. The smallest absolute Gasteiger partial charge is 0.138 e. The molecule has 194 valence electrons. The molecular formula is C31H34N6S. The maximum atomic E-state index is 4.94. The summed E-state index contributed by atoms with van der Waals surface area (Å²) in [5, 5.41) is 8.68. The zero-order valence-electron chi connectivity index (χ0n) is 22.3. The van der Waals surface area contributed by atoms with E-state index in [4.69, 9.17) is 9.97 Å². The van der Waals surface area contributed by atoms with Gasteiger partial charge in [-0.2, -0.15) is 0 Å². The number of H-pyrrole nitrogens is 1. The number of nitrogens with zero attached hydrogens (tertiary/aromatic N) is 3. The van der Waals surface area contributed by atoms with Crippen LogP contribution >= 0.6 is 11.3 Å². The number of hydrogen-bond donors (Lipinski definition) is 3. The van der Waals surface area contributed by atoms with Crippen molar-refractivity contribution in [1.82, 2.24) is 25.3 Å². The minimum Gasteiger partial charge on any atom is -0.386 e. The van der Waals surface area contributed by atoms with E-state index in [1.807, 2.05) is 50.6 Å². The summed E-state index contributed by atoms with van der Waals surface area (Å²) in [5.74, 6) is 0.692. The largest absolute Gasteiger partial charge is 0.386 e.